The van der Waals surface area contributed by atoms with E-state index >= 15 is 0 Å². The zero-order chi connectivity index (χ0) is 22.2. The fraction of sp³-hybridized carbons (Fsp3) is 0.750. The largest absolute Gasteiger partial charge is 0.387 e. The van der Waals surface area contributed by atoms with Crippen molar-refractivity contribution in [2.24, 2.45) is 11.5 Å². The van der Waals surface area contributed by atoms with Gasteiger partial charge in [0.1, 0.15) is 30.2 Å². The van der Waals surface area contributed by atoms with Crippen molar-refractivity contribution in [2.75, 3.05) is 38.5 Å². The Labute approximate surface area is 182 Å². The van der Waals surface area contributed by atoms with Crippen LogP contribution in [0.5, 0.6) is 0 Å². The van der Waals surface area contributed by atoms with E-state index in [0.29, 0.717) is 30.8 Å². The summed E-state index contributed by atoms with van der Waals surface area (Å²) in [7, 11) is 0. The average Bonchev–Trinajstić information content (AvgIpc) is 3.31. The molecule has 0 unspecified atom stereocenters. The first-order chi connectivity index (χ1) is 15.1. The molecule has 11 heteroatoms. The molecule has 1 saturated heterocycles. The molecule has 3 heterocycles. The van der Waals surface area contributed by atoms with Gasteiger partial charge in [0, 0.05) is 6.54 Å². The van der Waals surface area contributed by atoms with Crippen LogP contribution in [0.15, 0.2) is 12.7 Å². The first kappa shape index (κ1) is 23.8. The van der Waals surface area contributed by atoms with E-state index in [-0.39, 0.29) is 5.82 Å². The number of nitrogen functional groups attached to an aromatic ring is 1. The van der Waals surface area contributed by atoms with E-state index in [1.807, 2.05) is 0 Å². The molecule has 0 bridgehead atoms. The first-order valence-electron chi connectivity index (χ1n) is 11.1. The Kier molecular flexibility index (Phi) is 8.93. The molecule has 0 radical (unpaired) electrons. The first-order valence-corrected chi connectivity index (χ1v) is 11.1. The number of aliphatic hydroxyl groups excluding tert-OH is 2. The molecule has 0 amide bonds. The average molecular weight is 437 g/mol. The highest BCUT2D eigenvalue weighted by molar-refractivity contribution is 5.81. The van der Waals surface area contributed by atoms with Crippen molar-refractivity contribution in [1.82, 2.24) is 24.4 Å². The van der Waals surface area contributed by atoms with Gasteiger partial charge < -0.3 is 37.1 Å². The highest BCUT2D eigenvalue weighted by Crippen LogP contribution is 2.32. The summed E-state index contributed by atoms with van der Waals surface area (Å²) in [6.07, 6.45) is 5.62. The molecule has 1 aliphatic rings. The van der Waals surface area contributed by atoms with Crippen LogP contribution in [0, 0.1) is 0 Å². The maximum absolute atomic E-state index is 10.7. The van der Waals surface area contributed by atoms with E-state index in [1.165, 1.54) is 12.7 Å². The van der Waals surface area contributed by atoms with Crippen LogP contribution in [0.4, 0.5) is 5.82 Å². The van der Waals surface area contributed by atoms with Gasteiger partial charge in [-0.15, -0.1) is 0 Å². The quantitative estimate of drug-likeness (QED) is 0.259. The molecule has 4 atom stereocenters. The normalized spacial score (nSPS) is 23.9. The molecule has 0 aliphatic carbocycles. The van der Waals surface area contributed by atoms with Crippen LogP contribution in [-0.4, -0.2) is 85.7 Å². The summed E-state index contributed by atoms with van der Waals surface area (Å²) in [5.74, 6) is 0.259. The molecule has 1 aliphatic heterocycles. The third-order valence-corrected chi connectivity index (χ3v) is 5.79. The van der Waals surface area contributed by atoms with Crippen LogP contribution in [-0.2, 0) is 4.74 Å². The Hall–Kier alpha value is -1.89. The monoisotopic (exact) mass is 436 g/mol. The number of hydrogen-bond donors (Lipinski definition) is 5. The van der Waals surface area contributed by atoms with E-state index in [4.69, 9.17) is 21.9 Å². The van der Waals surface area contributed by atoms with E-state index < -0.39 is 24.5 Å². The number of anilines is 1. The lowest BCUT2D eigenvalue weighted by Gasteiger charge is -2.26. The number of rotatable bonds is 13. The second-order valence-corrected chi connectivity index (χ2v) is 8.13. The fourth-order valence-electron chi connectivity index (χ4n) is 4.03. The molecule has 0 aromatic carbocycles. The number of nitrogens with two attached hydrogens (primary N) is 3. The molecule has 3 rings (SSSR count). The second kappa shape index (κ2) is 11.7. The minimum atomic E-state index is -1.10. The van der Waals surface area contributed by atoms with Crippen molar-refractivity contribution in [2.45, 2.75) is 63.1 Å². The molecule has 31 heavy (non-hydrogen) atoms. The van der Waals surface area contributed by atoms with Gasteiger partial charge in [0.25, 0.3) is 0 Å². The van der Waals surface area contributed by atoms with E-state index in [9.17, 15) is 10.2 Å². The van der Waals surface area contributed by atoms with Gasteiger partial charge in [0.15, 0.2) is 17.7 Å². The second-order valence-electron chi connectivity index (χ2n) is 8.13. The van der Waals surface area contributed by atoms with E-state index in [0.717, 1.165) is 51.6 Å². The van der Waals surface area contributed by atoms with Gasteiger partial charge >= 0.3 is 0 Å². The number of aliphatic hydroxyl groups is 2. The van der Waals surface area contributed by atoms with Crippen molar-refractivity contribution in [3.63, 3.8) is 0 Å². The van der Waals surface area contributed by atoms with Crippen molar-refractivity contribution in [3.8, 4) is 0 Å². The lowest BCUT2D eigenvalue weighted by atomic mass is 10.1. The van der Waals surface area contributed by atoms with Crippen LogP contribution >= 0.6 is 0 Å². The summed E-state index contributed by atoms with van der Waals surface area (Å²) in [5.41, 5.74) is 18.0. The van der Waals surface area contributed by atoms with Gasteiger partial charge in [-0.2, -0.15) is 0 Å². The van der Waals surface area contributed by atoms with Gasteiger partial charge in [-0.1, -0.05) is 12.8 Å². The Bertz CT molecular complexity index is 792. The molecular formula is C20H36N8O3. The lowest BCUT2D eigenvalue weighted by Crippen LogP contribution is -2.41. The Morgan fingerprint density at radius 1 is 0.935 bits per heavy atom. The highest BCUT2D eigenvalue weighted by atomic mass is 16.6. The number of nitrogens with zero attached hydrogens (tertiary/aromatic N) is 5. The van der Waals surface area contributed by atoms with Gasteiger partial charge in [0.05, 0.1) is 6.33 Å². The summed E-state index contributed by atoms with van der Waals surface area (Å²) in [6.45, 7) is 3.72. The summed E-state index contributed by atoms with van der Waals surface area (Å²) in [5, 5.41) is 21.4. The molecular weight excluding hydrogens is 400 g/mol. The van der Waals surface area contributed by atoms with Crippen molar-refractivity contribution >= 4 is 17.0 Å². The van der Waals surface area contributed by atoms with Gasteiger partial charge in [-0.3, -0.25) is 4.57 Å². The molecule has 174 valence electrons. The predicted octanol–water partition coefficient (Wildman–Crippen LogP) is -0.412. The van der Waals surface area contributed by atoms with Gasteiger partial charge in [0.2, 0.25) is 0 Å². The standard InChI is InChI=1S/C20H36N8O3/c21-7-3-1-5-9-27(10-6-2-4-8-22)11-14-16(29)17(30)20(31-14)28-13-26-15-18(23)24-12-25-19(15)28/h12-14,16-17,20,29-30H,1-11,21-22H2,(H2,23,24,25)/t14-,16-,17-,20-/m1/s1. The van der Waals surface area contributed by atoms with Crippen LogP contribution < -0.4 is 17.2 Å². The summed E-state index contributed by atoms with van der Waals surface area (Å²) >= 11 is 0. The third-order valence-electron chi connectivity index (χ3n) is 5.79. The van der Waals surface area contributed by atoms with Gasteiger partial charge in [-0.05, 0) is 51.9 Å². The zero-order valence-electron chi connectivity index (χ0n) is 18.0. The molecule has 2 aromatic heterocycles. The van der Waals surface area contributed by atoms with Crippen molar-refractivity contribution in [3.05, 3.63) is 12.7 Å². The minimum absolute atomic E-state index is 0.259. The number of fused-ring (bicyclic) bond motifs is 1. The molecule has 8 N–H and O–H groups in total. The van der Waals surface area contributed by atoms with Crippen LogP contribution in [0.1, 0.15) is 44.8 Å². The minimum Gasteiger partial charge on any atom is -0.387 e. The molecule has 11 nitrogen and oxygen atoms in total. The summed E-state index contributed by atoms with van der Waals surface area (Å²) in [6, 6.07) is 0. The summed E-state index contributed by atoms with van der Waals surface area (Å²) < 4.78 is 7.71. The van der Waals surface area contributed by atoms with Crippen LogP contribution in [0.3, 0.4) is 0 Å². The number of unbranched alkanes of at least 4 members (excludes halogenated alkanes) is 4. The lowest BCUT2D eigenvalue weighted by molar-refractivity contribution is -0.0443. The zero-order valence-corrected chi connectivity index (χ0v) is 18.0. The molecule has 0 spiro atoms. The van der Waals surface area contributed by atoms with Crippen molar-refractivity contribution < 1.29 is 14.9 Å². The number of hydrogen-bond acceptors (Lipinski definition) is 10. The maximum atomic E-state index is 10.7. The third kappa shape index (κ3) is 5.88. The highest BCUT2D eigenvalue weighted by Gasteiger charge is 2.44. The SMILES string of the molecule is NCCCCCN(CCCCCN)C[C@H]1O[C@@H](n2cnc3c(N)ncnc32)[C@H](O)[C@@H]1O. The van der Waals surface area contributed by atoms with Gasteiger partial charge in [-0.25, -0.2) is 15.0 Å². The predicted molar refractivity (Wildman–Crippen MR) is 118 cm³/mol. The van der Waals surface area contributed by atoms with E-state index in [2.05, 4.69) is 19.9 Å². The Morgan fingerprint density at radius 2 is 1.61 bits per heavy atom. The smallest absolute Gasteiger partial charge is 0.167 e. The number of imidazole rings is 1. The Balaban J connectivity index is 1.66. The molecule has 2 aromatic rings. The van der Waals surface area contributed by atoms with E-state index in [1.54, 1.807) is 4.57 Å². The maximum Gasteiger partial charge on any atom is 0.167 e. The Morgan fingerprint density at radius 3 is 2.26 bits per heavy atom. The topological polar surface area (TPSA) is 175 Å². The molecule has 0 saturated carbocycles. The van der Waals surface area contributed by atoms with Crippen LogP contribution in [0.25, 0.3) is 11.2 Å². The summed E-state index contributed by atoms with van der Waals surface area (Å²) in [4.78, 5) is 14.7. The number of ether oxygens (including phenoxy) is 1. The number of aromatic nitrogens is 4. The van der Waals surface area contributed by atoms with Crippen LogP contribution in [0.2, 0.25) is 0 Å². The molecule has 1 fully saturated rings. The van der Waals surface area contributed by atoms with Crippen molar-refractivity contribution in [1.29, 1.82) is 0 Å². The fourth-order valence-corrected chi connectivity index (χ4v) is 4.03.